The van der Waals surface area contributed by atoms with Gasteiger partial charge >= 0.3 is 5.69 Å². The van der Waals surface area contributed by atoms with E-state index in [4.69, 9.17) is 5.73 Å². The summed E-state index contributed by atoms with van der Waals surface area (Å²) in [7, 11) is 1.54. The second-order valence-electron chi connectivity index (χ2n) is 6.16. The minimum atomic E-state index is -0.488. The fourth-order valence-electron chi connectivity index (χ4n) is 2.52. The van der Waals surface area contributed by atoms with Crippen LogP contribution in [0.15, 0.2) is 9.59 Å². The van der Waals surface area contributed by atoms with E-state index < -0.39 is 11.2 Å². The maximum atomic E-state index is 11.8. The number of nitrogens with two attached hydrogens (primary N) is 1. The van der Waals surface area contributed by atoms with E-state index in [1.807, 2.05) is 0 Å². The molecule has 1 aromatic rings. The number of hydrogen-bond acceptors (Lipinski definition) is 4. The lowest BCUT2D eigenvalue weighted by Gasteiger charge is -2.35. The molecule has 0 amide bonds. The average molecular weight is 266 g/mol. The van der Waals surface area contributed by atoms with E-state index >= 15 is 0 Å². The smallest absolute Gasteiger partial charge is 0.329 e. The van der Waals surface area contributed by atoms with Crippen LogP contribution >= 0.6 is 0 Å². The zero-order valence-corrected chi connectivity index (χ0v) is 11.7. The largest absolute Gasteiger partial charge is 0.383 e. The van der Waals surface area contributed by atoms with Gasteiger partial charge < -0.3 is 11.1 Å². The fraction of sp³-hybridized carbons (Fsp3) is 0.692. The molecule has 0 unspecified atom stereocenters. The first-order valence-corrected chi connectivity index (χ1v) is 6.65. The Morgan fingerprint density at radius 3 is 2.47 bits per heavy atom. The van der Waals surface area contributed by atoms with Crippen molar-refractivity contribution in [2.45, 2.75) is 45.6 Å². The minimum absolute atomic E-state index is 0.193. The van der Waals surface area contributed by atoms with Crippen LogP contribution in [-0.4, -0.2) is 15.6 Å². The van der Waals surface area contributed by atoms with Gasteiger partial charge in [0.15, 0.2) is 0 Å². The molecular weight excluding hydrogens is 244 g/mol. The molecule has 0 atom stereocenters. The zero-order chi connectivity index (χ0) is 14.2. The van der Waals surface area contributed by atoms with Gasteiger partial charge in [0.05, 0.1) is 0 Å². The van der Waals surface area contributed by atoms with Crippen molar-refractivity contribution in [2.24, 2.45) is 12.5 Å². The summed E-state index contributed by atoms with van der Waals surface area (Å²) >= 11 is 0. The highest BCUT2D eigenvalue weighted by Gasteiger charge is 2.27. The van der Waals surface area contributed by atoms with Crippen molar-refractivity contribution >= 4 is 11.5 Å². The van der Waals surface area contributed by atoms with E-state index in [0.717, 1.165) is 25.7 Å². The van der Waals surface area contributed by atoms with Gasteiger partial charge in [0.1, 0.15) is 11.5 Å². The first kappa shape index (κ1) is 13.7. The molecular formula is C13H22N4O2. The molecule has 6 heteroatoms. The average Bonchev–Trinajstić information content (AvgIpc) is 2.34. The van der Waals surface area contributed by atoms with Crippen LogP contribution < -0.4 is 22.3 Å². The maximum Gasteiger partial charge on any atom is 0.329 e. The third-order valence-electron chi connectivity index (χ3n) is 4.06. The molecule has 0 aliphatic heterocycles. The van der Waals surface area contributed by atoms with Gasteiger partial charge in [-0.2, -0.15) is 0 Å². The number of aromatic amines is 1. The molecule has 1 aliphatic carbocycles. The topological polar surface area (TPSA) is 92.9 Å². The van der Waals surface area contributed by atoms with Gasteiger partial charge in [0.25, 0.3) is 5.56 Å². The molecule has 1 fully saturated rings. The van der Waals surface area contributed by atoms with E-state index in [1.54, 1.807) is 7.05 Å². The molecule has 2 rings (SSSR count). The highest BCUT2D eigenvalue weighted by molar-refractivity contribution is 5.60. The predicted octanol–water partition coefficient (Wildman–Crippen LogP) is 1.04. The lowest BCUT2D eigenvalue weighted by Crippen LogP contribution is -2.36. The fourth-order valence-corrected chi connectivity index (χ4v) is 2.52. The van der Waals surface area contributed by atoms with Crippen molar-refractivity contribution in [3.63, 3.8) is 0 Å². The number of nitrogens with zero attached hydrogens (tertiary/aromatic N) is 1. The molecule has 0 radical (unpaired) electrons. The number of hydrogen-bond donors (Lipinski definition) is 3. The quantitative estimate of drug-likeness (QED) is 0.745. The van der Waals surface area contributed by atoms with Crippen LogP contribution in [0.2, 0.25) is 0 Å². The van der Waals surface area contributed by atoms with E-state index in [2.05, 4.69) is 24.1 Å². The Balaban J connectivity index is 2.19. The number of nitrogens with one attached hydrogen (secondary N) is 2. The van der Waals surface area contributed by atoms with Gasteiger partial charge in [-0.15, -0.1) is 0 Å². The third kappa shape index (κ3) is 2.83. The molecule has 0 aromatic carbocycles. The Morgan fingerprint density at radius 2 is 1.89 bits per heavy atom. The van der Waals surface area contributed by atoms with Gasteiger partial charge in [-0.1, -0.05) is 13.8 Å². The molecule has 1 aliphatic rings. The van der Waals surface area contributed by atoms with Gasteiger partial charge in [-0.25, -0.2) is 4.79 Å². The summed E-state index contributed by atoms with van der Waals surface area (Å²) in [6.45, 7) is 4.52. The molecule has 4 N–H and O–H groups in total. The summed E-state index contributed by atoms with van der Waals surface area (Å²) in [4.78, 5) is 25.5. The molecule has 19 heavy (non-hydrogen) atoms. The second-order valence-corrected chi connectivity index (χ2v) is 6.16. The standard InChI is InChI=1S/C13H22N4O2/c1-13(2)6-4-8(5-7-13)15-9-10(14)17(3)12(19)16-11(9)18/h8,15H,4-7,14H2,1-3H3,(H,16,18,19). The molecule has 6 nitrogen and oxygen atoms in total. The molecule has 0 bridgehead atoms. The first-order valence-electron chi connectivity index (χ1n) is 6.65. The van der Waals surface area contributed by atoms with E-state index in [0.29, 0.717) is 11.1 Å². The molecule has 106 valence electrons. The van der Waals surface area contributed by atoms with Crippen molar-refractivity contribution in [3.05, 3.63) is 20.8 Å². The van der Waals surface area contributed by atoms with Crippen LogP contribution in [0.4, 0.5) is 11.5 Å². The summed E-state index contributed by atoms with van der Waals surface area (Å²) in [5, 5.41) is 3.19. The SMILES string of the molecule is Cn1c(N)c(NC2CCC(C)(C)CC2)c(=O)[nH]c1=O. The Hall–Kier alpha value is -1.72. The van der Waals surface area contributed by atoms with Crippen molar-refractivity contribution in [1.82, 2.24) is 9.55 Å². The summed E-state index contributed by atoms with van der Waals surface area (Å²) in [5.74, 6) is 0.193. The lowest BCUT2D eigenvalue weighted by atomic mass is 9.75. The van der Waals surface area contributed by atoms with Crippen LogP contribution in [0.25, 0.3) is 0 Å². The summed E-state index contributed by atoms with van der Waals surface area (Å²) in [6, 6.07) is 0.244. The lowest BCUT2D eigenvalue weighted by molar-refractivity contribution is 0.232. The van der Waals surface area contributed by atoms with Crippen LogP contribution in [0.1, 0.15) is 39.5 Å². The Bertz CT molecular complexity index is 575. The van der Waals surface area contributed by atoms with E-state index in [9.17, 15) is 9.59 Å². The summed E-state index contributed by atoms with van der Waals surface area (Å²) < 4.78 is 1.25. The van der Waals surface area contributed by atoms with Crippen LogP contribution in [0.3, 0.4) is 0 Å². The Labute approximate surface area is 112 Å². The third-order valence-corrected chi connectivity index (χ3v) is 4.06. The normalized spacial score (nSPS) is 19.3. The predicted molar refractivity (Wildman–Crippen MR) is 76.4 cm³/mol. The summed E-state index contributed by atoms with van der Waals surface area (Å²) in [6.07, 6.45) is 4.26. The minimum Gasteiger partial charge on any atom is -0.383 e. The van der Waals surface area contributed by atoms with Crippen molar-refractivity contribution in [2.75, 3.05) is 11.1 Å². The molecule has 1 aromatic heterocycles. The molecule has 0 spiro atoms. The maximum absolute atomic E-state index is 11.8. The molecule has 0 saturated heterocycles. The van der Waals surface area contributed by atoms with Crippen molar-refractivity contribution < 1.29 is 0 Å². The summed E-state index contributed by atoms with van der Waals surface area (Å²) in [5.41, 5.74) is 5.59. The highest BCUT2D eigenvalue weighted by atomic mass is 16.2. The Kier molecular flexibility index (Phi) is 3.43. The van der Waals surface area contributed by atoms with Gasteiger partial charge in [-0.3, -0.25) is 14.3 Å². The highest BCUT2D eigenvalue weighted by Crippen LogP contribution is 2.36. The monoisotopic (exact) mass is 266 g/mol. The number of H-pyrrole nitrogens is 1. The van der Waals surface area contributed by atoms with Crippen LogP contribution in [0, 0.1) is 5.41 Å². The molecule has 1 heterocycles. The second kappa shape index (κ2) is 4.75. The van der Waals surface area contributed by atoms with Crippen LogP contribution in [0.5, 0.6) is 0 Å². The van der Waals surface area contributed by atoms with Crippen LogP contribution in [-0.2, 0) is 7.05 Å². The van der Waals surface area contributed by atoms with Gasteiger partial charge in [0.2, 0.25) is 0 Å². The molecule has 1 saturated carbocycles. The number of nitrogen functional groups attached to an aromatic ring is 1. The number of rotatable bonds is 2. The van der Waals surface area contributed by atoms with E-state index in [1.165, 1.54) is 4.57 Å². The van der Waals surface area contributed by atoms with Crippen molar-refractivity contribution in [3.8, 4) is 0 Å². The first-order chi connectivity index (χ1) is 8.80. The van der Waals surface area contributed by atoms with Crippen molar-refractivity contribution in [1.29, 1.82) is 0 Å². The van der Waals surface area contributed by atoms with Gasteiger partial charge in [-0.05, 0) is 31.1 Å². The van der Waals surface area contributed by atoms with Gasteiger partial charge in [0, 0.05) is 13.1 Å². The number of aromatic nitrogens is 2. The zero-order valence-electron chi connectivity index (χ0n) is 11.7. The number of anilines is 2. The Morgan fingerprint density at radius 1 is 1.32 bits per heavy atom. The van der Waals surface area contributed by atoms with E-state index in [-0.39, 0.29) is 11.9 Å².